The first-order chi connectivity index (χ1) is 11.1. The van der Waals surface area contributed by atoms with E-state index in [1.807, 2.05) is 4.90 Å². The lowest BCUT2D eigenvalue weighted by molar-refractivity contribution is -0.136. The fraction of sp³-hybridized carbons (Fsp3) is 0.529. The predicted octanol–water partition coefficient (Wildman–Crippen LogP) is 2.95. The maximum absolute atomic E-state index is 13.9. The lowest BCUT2D eigenvalue weighted by Gasteiger charge is -2.36. The maximum Gasteiger partial charge on any atom is 0.258 e. The van der Waals surface area contributed by atoms with Gasteiger partial charge in [0.05, 0.1) is 10.6 Å². The van der Waals surface area contributed by atoms with Gasteiger partial charge in [0.15, 0.2) is 0 Å². The van der Waals surface area contributed by atoms with Crippen LogP contribution >= 0.6 is 11.6 Å². The zero-order valence-electron chi connectivity index (χ0n) is 12.9. The van der Waals surface area contributed by atoms with Crippen LogP contribution in [-0.2, 0) is 4.79 Å². The molecule has 124 valence electrons. The molecule has 1 saturated heterocycles. The van der Waals surface area contributed by atoms with Gasteiger partial charge in [-0.05, 0) is 25.0 Å². The van der Waals surface area contributed by atoms with Gasteiger partial charge in [-0.1, -0.05) is 30.5 Å². The van der Waals surface area contributed by atoms with Crippen LogP contribution in [0.5, 0.6) is 0 Å². The van der Waals surface area contributed by atoms with Crippen molar-refractivity contribution >= 4 is 23.4 Å². The summed E-state index contributed by atoms with van der Waals surface area (Å²) in [6, 6.07) is 4.23. The van der Waals surface area contributed by atoms with Gasteiger partial charge in [0.25, 0.3) is 5.91 Å². The summed E-state index contributed by atoms with van der Waals surface area (Å²) in [6.07, 6.45) is 4.20. The van der Waals surface area contributed by atoms with Crippen molar-refractivity contribution in [3.05, 3.63) is 34.6 Å². The second-order valence-corrected chi connectivity index (χ2v) is 6.60. The van der Waals surface area contributed by atoms with Gasteiger partial charge in [0, 0.05) is 32.1 Å². The topological polar surface area (TPSA) is 40.6 Å². The van der Waals surface area contributed by atoms with Gasteiger partial charge in [0.2, 0.25) is 5.91 Å². The molecule has 1 aromatic carbocycles. The number of benzene rings is 1. The van der Waals surface area contributed by atoms with E-state index < -0.39 is 11.7 Å². The minimum atomic E-state index is -0.605. The van der Waals surface area contributed by atoms with Crippen LogP contribution in [0.25, 0.3) is 0 Å². The third-order valence-electron chi connectivity index (χ3n) is 4.76. The van der Waals surface area contributed by atoms with E-state index in [0.29, 0.717) is 26.2 Å². The van der Waals surface area contributed by atoms with Crippen molar-refractivity contribution in [2.75, 3.05) is 26.2 Å². The van der Waals surface area contributed by atoms with Crippen molar-refractivity contribution in [2.45, 2.75) is 25.7 Å². The third kappa shape index (κ3) is 3.34. The molecule has 0 N–H and O–H groups in total. The number of hydrogen-bond donors (Lipinski definition) is 0. The van der Waals surface area contributed by atoms with Gasteiger partial charge in [-0.25, -0.2) is 4.39 Å². The average Bonchev–Trinajstić information content (AvgIpc) is 3.08. The molecule has 0 radical (unpaired) electrons. The molecule has 2 aliphatic rings. The number of piperazine rings is 1. The number of amides is 2. The molecule has 3 rings (SSSR count). The van der Waals surface area contributed by atoms with Gasteiger partial charge >= 0.3 is 0 Å². The molecule has 0 atom stereocenters. The summed E-state index contributed by atoms with van der Waals surface area (Å²) in [5.41, 5.74) is -0.0789. The Morgan fingerprint density at radius 1 is 1.04 bits per heavy atom. The standard InChI is InChI=1S/C17H20ClFN2O2/c18-13-6-3-7-14(19)15(13)17(23)21-10-8-20(9-11-21)16(22)12-4-1-2-5-12/h3,6-7,12H,1-2,4-5,8-11H2. The lowest BCUT2D eigenvalue weighted by Crippen LogP contribution is -2.51. The fourth-order valence-electron chi connectivity index (χ4n) is 3.42. The van der Waals surface area contributed by atoms with Crippen LogP contribution in [0.3, 0.4) is 0 Å². The van der Waals surface area contributed by atoms with Crippen LogP contribution in [0.2, 0.25) is 5.02 Å². The van der Waals surface area contributed by atoms with Gasteiger partial charge in [-0.3, -0.25) is 9.59 Å². The summed E-state index contributed by atoms with van der Waals surface area (Å²) in [5.74, 6) is -0.648. The number of halogens is 2. The summed E-state index contributed by atoms with van der Waals surface area (Å²) >= 11 is 5.96. The number of rotatable bonds is 2. The van der Waals surface area contributed by atoms with Gasteiger partial charge in [0.1, 0.15) is 5.82 Å². The summed E-state index contributed by atoms with van der Waals surface area (Å²) in [5, 5.41) is 0.125. The quantitative estimate of drug-likeness (QED) is 0.832. The minimum Gasteiger partial charge on any atom is -0.339 e. The Bertz CT molecular complexity index is 588. The molecule has 1 heterocycles. The molecule has 1 aliphatic heterocycles. The van der Waals surface area contributed by atoms with Crippen molar-refractivity contribution in [1.29, 1.82) is 0 Å². The molecule has 1 aromatic rings. The van der Waals surface area contributed by atoms with Crippen LogP contribution in [-0.4, -0.2) is 47.8 Å². The van der Waals surface area contributed by atoms with Crippen molar-refractivity contribution in [3.63, 3.8) is 0 Å². The third-order valence-corrected chi connectivity index (χ3v) is 5.07. The lowest BCUT2D eigenvalue weighted by atomic mass is 10.1. The van der Waals surface area contributed by atoms with Crippen LogP contribution < -0.4 is 0 Å². The van der Waals surface area contributed by atoms with E-state index in [9.17, 15) is 14.0 Å². The van der Waals surface area contributed by atoms with Gasteiger partial charge < -0.3 is 9.80 Å². The Balaban J connectivity index is 1.62. The first kappa shape index (κ1) is 16.2. The molecular formula is C17H20ClFN2O2. The normalized spacial score (nSPS) is 19.2. The van der Waals surface area contributed by atoms with E-state index in [4.69, 9.17) is 11.6 Å². The summed E-state index contributed by atoms with van der Waals surface area (Å²) in [6.45, 7) is 1.85. The molecule has 6 heteroatoms. The fourth-order valence-corrected chi connectivity index (χ4v) is 3.66. The molecule has 23 heavy (non-hydrogen) atoms. The highest BCUT2D eigenvalue weighted by molar-refractivity contribution is 6.33. The molecule has 0 aromatic heterocycles. The van der Waals surface area contributed by atoms with E-state index in [1.165, 1.54) is 18.2 Å². The predicted molar refractivity (Wildman–Crippen MR) is 85.9 cm³/mol. The second kappa shape index (κ2) is 6.87. The van der Waals surface area contributed by atoms with Crippen LogP contribution in [0.4, 0.5) is 4.39 Å². The van der Waals surface area contributed by atoms with Crippen molar-refractivity contribution in [3.8, 4) is 0 Å². The average molecular weight is 339 g/mol. The van der Waals surface area contributed by atoms with E-state index in [1.54, 1.807) is 4.90 Å². The molecular weight excluding hydrogens is 319 g/mol. The maximum atomic E-state index is 13.9. The van der Waals surface area contributed by atoms with E-state index in [-0.39, 0.29) is 22.4 Å². The van der Waals surface area contributed by atoms with Crippen molar-refractivity contribution < 1.29 is 14.0 Å². The smallest absolute Gasteiger partial charge is 0.258 e. The van der Waals surface area contributed by atoms with Crippen molar-refractivity contribution in [2.24, 2.45) is 5.92 Å². The highest BCUT2D eigenvalue weighted by Crippen LogP contribution is 2.27. The van der Waals surface area contributed by atoms with Crippen LogP contribution in [0.15, 0.2) is 18.2 Å². The first-order valence-corrected chi connectivity index (χ1v) is 8.48. The highest BCUT2D eigenvalue weighted by Gasteiger charge is 2.31. The monoisotopic (exact) mass is 338 g/mol. The molecule has 2 fully saturated rings. The molecule has 1 saturated carbocycles. The first-order valence-electron chi connectivity index (χ1n) is 8.10. The molecule has 0 bridgehead atoms. The molecule has 2 amide bonds. The number of carbonyl (C=O) groups excluding carboxylic acids is 2. The Morgan fingerprint density at radius 3 is 2.26 bits per heavy atom. The number of carbonyl (C=O) groups is 2. The Labute approximate surface area is 140 Å². The summed E-state index contributed by atoms with van der Waals surface area (Å²) in [7, 11) is 0. The van der Waals surface area contributed by atoms with E-state index in [0.717, 1.165) is 25.7 Å². The Kier molecular flexibility index (Phi) is 4.85. The van der Waals surface area contributed by atoms with E-state index in [2.05, 4.69) is 0 Å². The number of nitrogens with zero attached hydrogens (tertiary/aromatic N) is 2. The molecule has 1 aliphatic carbocycles. The molecule has 4 nitrogen and oxygen atoms in total. The largest absolute Gasteiger partial charge is 0.339 e. The zero-order chi connectivity index (χ0) is 16.4. The van der Waals surface area contributed by atoms with Gasteiger partial charge in [-0.2, -0.15) is 0 Å². The second-order valence-electron chi connectivity index (χ2n) is 6.20. The van der Waals surface area contributed by atoms with Crippen LogP contribution in [0.1, 0.15) is 36.0 Å². The zero-order valence-corrected chi connectivity index (χ0v) is 13.7. The summed E-state index contributed by atoms with van der Waals surface area (Å²) in [4.78, 5) is 28.3. The summed E-state index contributed by atoms with van der Waals surface area (Å²) < 4.78 is 13.9. The van der Waals surface area contributed by atoms with Gasteiger partial charge in [-0.15, -0.1) is 0 Å². The number of hydrogen-bond acceptors (Lipinski definition) is 2. The Morgan fingerprint density at radius 2 is 1.65 bits per heavy atom. The SMILES string of the molecule is O=C(c1c(F)cccc1Cl)N1CCN(C(=O)C2CCCC2)CC1. The minimum absolute atomic E-state index is 0.0789. The Hall–Kier alpha value is -1.62. The van der Waals surface area contributed by atoms with E-state index >= 15 is 0 Å². The molecule has 0 spiro atoms. The van der Waals surface area contributed by atoms with Crippen LogP contribution in [0, 0.1) is 11.7 Å². The van der Waals surface area contributed by atoms with Crippen molar-refractivity contribution in [1.82, 2.24) is 9.80 Å². The molecule has 0 unspecified atom stereocenters. The highest BCUT2D eigenvalue weighted by atomic mass is 35.5.